The zero-order valence-corrected chi connectivity index (χ0v) is 13.1. The lowest BCUT2D eigenvalue weighted by Crippen LogP contribution is -2.45. The zero-order chi connectivity index (χ0) is 15.4. The Balaban J connectivity index is 1.84. The number of carbonyl (C=O) groups excluding carboxylic acids is 1. The normalized spacial score (nSPS) is 24.3. The maximum Gasteiger partial charge on any atom is 0.289 e. The number of amides is 1. The van der Waals surface area contributed by atoms with E-state index in [0.29, 0.717) is 13.1 Å². The summed E-state index contributed by atoms with van der Waals surface area (Å²) in [6.45, 7) is 2.70. The van der Waals surface area contributed by atoms with Crippen LogP contribution in [0.2, 0.25) is 0 Å². The van der Waals surface area contributed by atoms with Crippen LogP contribution in [-0.4, -0.2) is 44.6 Å². The van der Waals surface area contributed by atoms with Crippen molar-refractivity contribution < 1.29 is 17.6 Å². The SMILES string of the molecule is Cc1oc(C(=O)N2CC(N)C3(CCC3)C2)cc1S(C)(=O)=O. The van der Waals surface area contributed by atoms with Crippen molar-refractivity contribution in [1.29, 1.82) is 0 Å². The monoisotopic (exact) mass is 312 g/mol. The van der Waals surface area contributed by atoms with Crippen LogP contribution in [0.4, 0.5) is 0 Å². The second-order valence-corrected chi connectivity index (χ2v) is 8.30. The van der Waals surface area contributed by atoms with E-state index in [2.05, 4.69) is 0 Å². The number of sulfone groups is 1. The molecule has 1 unspecified atom stereocenters. The third-order valence-corrected chi connectivity index (χ3v) is 6.03. The molecule has 1 aromatic heterocycles. The second-order valence-electron chi connectivity index (χ2n) is 6.31. The van der Waals surface area contributed by atoms with Crippen LogP contribution in [0.1, 0.15) is 35.6 Å². The number of likely N-dealkylation sites (tertiary alicyclic amines) is 1. The van der Waals surface area contributed by atoms with Gasteiger partial charge in [0.15, 0.2) is 15.6 Å². The summed E-state index contributed by atoms with van der Waals surface area (Å²) in [7, 11) is -3.39. The van der Waals surface area contributed by atoms with Gasteiger partial charge in [0.2, 0.25) is 0 Å². The van der Waals surface area contributed by atoms with Crippen LogP contribution in [0.5, 0.6) is 0 Å². The van der Waals surface area contributed by atoms with E-state index < -0.39 is 9.84 Å². The van der Waals surface area contributed by atoms with Crippen LogP contribution in [0.25, 0.3) is 0 Å². The van der Waals surface area contributed by atoms with Crippen LogP contribution >= 0.6 is 0 Å². The van der Waals surface area contributed by atoms with Crippen molar-refractivity contribution >= 4 is 15.7 Å². The number of furan rings is 1. The van der Waals surface area contributed by atoms with Gasteiger partial charge in [0.05, 0.1) is 0 Å². The third kappa shape index (κ3) is 2.28. The van der Waals surface area contributed by atoms with E-state index in [9.17, 15) is 13.2 Å². The van der Waals surface area contributed by atoms with Gasteiger partial charge < -0.3 is 15.1 Å². The molecule has 6 nitrogen and oxygen atoms in total. The fourth-order valence-electron chi connectivity index (χ4n) is 3.40. The molecule has 2 heterocycles. The standard InChI is InChI=1S/C14H20N2O4S/c1-9-11(21(2,18)19)6-10(20-9)13(17)16-7-12(15)14(8-16)4-3-5-14/h6,12H,3-5,7-8,15H2,1-2H3. The molecule has 21 heavy (non-hydrogen) atoms. The Labute approximate surface area is 124 Å². The van der Waals surface area contributed by atoms with E-state index in [-0.39, 0.29) is 33.8 Å². The molecule has 1 saturated carbocycles. The summed E-state index contributed by atoms with van der Waals surface area (Å²) >= 11 is 0. The number of rotatable bonds is 2. The van der Waals surface area contributed by atoms with Gasteiger partial charge in [-0.3, -0.25) is 4.79 Å². The average Bonchev–Trinajstić information content (AvgIpc) is 2.87. The lowest BCUT2D eigenvalue weighted by molar-refractivity contribution is 0.0695. The van der Waals surface area contributed by atoms with Gasteiger partial charge >= 0.3 is 0 Å². The third-order valence-electron chi connectivity index (χ3n) is 4.83. The molecular formula is C14H20N2O4S. The number of carbonyl (C=O) groups is 1. The molecule has 1 amide bonds. The van der Waals surface area contributed by atoms with Crippen molar-refractivity contribution in [3.8, 4) is 0 Å². The molecular weight excluding hydrogens is 292 g/mol. The summed E-state index contributed by atoms with van der Waals surface area (Å²) in [4.78, 5) is 14.3. The van der Waals surface area contributed by atoms with Crippen molar-refractivity contribution in [2.45, 2.75) is 37.1 Å². The second kappa shape index (κ2) is 4.58. The van der Waals surface area contributed by atoms with Gasteiger partial charge in [-0.25, -0.2) is 8.42 Å². The molecule has 2 N–H and O–H groups in total. The summed E-state index contributed by atoms with van der Waals surface area (Å²) in [6, 6.07) is 1.32. The van der Waals surface area contributed by atoms with Crippen LogP contribution in [0.3, 0.4) is 0 Å². The van der Waals surface area contributed by atoms with E-state index in [4.69, 9.17) is 10.2 Å². The smallest absolute Gasteiger partial charge is 0.289 e. The maximum absolute atomic E-state index is 12.5. The first-order chi connectivity index (χ1) is 9.73. The van der Waals surface area contributed by atoms with E-state index in [0.717, 1.165) is 25.5 Å². The highest BCUT2D eigenvalue weighted by Crippen LogP contribution is 2.47. The zero-order valence-electron chi connectivity index (χ0n) is 12.3. The fraction of sp³-hybridized carbons (Fsp3) is 0.643. The Morgan fingerprint density at radius 2 is 2.14 bits per heavy atom. The number of hydrogen-bond acceptors (Lipinski definition) is 5. The molecule has 2 aliphatic rings. The molecule has 2 fully saturated rings. The summed E-state index contributed by atoms with van der Waals surface area (Å²) in [5, 5.41) is 0. The topological polar surface area (TPSA) is 93.6 Å². The van der Waals surface area contributed by atoms with Crippen LogP contribution in [-0.2, 0) is 9.84 Å². The lowest BCUT2D eigenvalue weighted by atomic mass is 9.66. The molecule has 116 valence electrons. The van der Waals surface area contributed by atoms with Crippen molar-refractivity contribution in [3.05, 3.63) is 17.6 Å². The van der Waals surface area contributed by atoms with Crippen LogP contribution in [0.15, 0.2) is 15.4 Å². The number of nitrogens with zero attached hydrogens (tertiary/aromatic N) is 1. The quantitative estimate of drug-likeness (QED) is 0.877. The summed E-state index contributed by atoms with van der Waals surface area (Å²) < 4.78 is 28.6. The predicted molar refractivity (Wildman–Crippen MR) is 76.7 cm³/mol. The predicted octanol–water partition coefficient (Wildman–Crippen LogP) is 0.945. The summed E-state index contributed by atoms with van der Waals surface area (Å²) in [5.74, 6) is 0.0615. The maximum atomic E-state index is 12.5. The van der Waals surface area contributed by atoms with Gasteiger partial charge in [0.25, 0.3) is 5.91 Å². The van der Waals surface area contributed by atoms with Gasteiger partial charge in [-0.2, -0.15) is 0 Å². The molecule has 7 heteroatoms. The van der Waals surface area contributed by atoms with Gasteiger partial charge in [0.1, 0.15) is 10.7 Å². The van der Waals surface area contributed by atoms with Crippen LogP contribution in [0, 0.1) is 12.3 Å². The Bertz CT molecular complexity index is 688. The minimum absolute atomic E-state index is 0.000590. The molecule has 1 spiro atoms. The lowest BCUT2D eigenvalue weighted by Gasteiger charge is -2.41. The van der Waals surface area contributed by atoms with Crippen molar-refractivity contribution in [1.82, 2.24) is 4.90 Å². The first-order valence-electron chi connectivity index (χ1n) is 7.08. The van der Waals surface area contributed by atoms with Crippen molar-refractivity contribution in [2.75, 3.05) is 19.3 Å². The summed E-state index contributed by atoms with van der Waals surface area (Å²) in [5.41, 5.74) is 6.23. The molecule has 0 bridgehead atoms. The highest BCUT2D eigenvalue weighted by molar-refractivity contribution is 7.90. The first-order valence-corrected chi connectivity index (χ1v) is 8.97. The minimum Gasteiger partial charge on any atom is -0.455 e. The molecule has 3 rings (SSSR count). The Hall–Kier alpha value is -1.34. The largest absolute Gasteiger partial charge is 0.455 e. The Kier molecular flexibility index (Phi) is 3.18. The average molecular weight is 312 g/mol. The number of nitrogens with two attached hydrogens (primary N) is 1. The molecule has 1 aliphatic carbocycles. The van der Waals surface area contributed by atoms with Crippen LogP contribution < -0.4 is 5.73 Å². The Morgan fingerprint density at radius 3 is 2.57 bits per heavy atom. The molecule has 0 aromatic carbocycles. The number of aryl methyl sites for hydroxylation is 1. The van der Waals surface area contributed by atoms with Crippen molar-refractivity contribution in [2.24, 2.45) is 11.1 Å². The highest BCUT2D eigenvalue weighted by Gasteiger charge is 2.50. The van der Waals surface area contributed by atoms with E-state index >= 15 is 0 Å². The first kappa shape index (κ1) is 14.6. The number of hydrogen-bond donors (Lipinski definition) is 1. The van der Waals surface area contributed by atoms with E-state index in [1.54, 1.807) is 11.8 Å². The molecule has 1 aliphatic heterocycles. The van der Waals surface area contributed by atoms with Crippen molar-refractivity contribution in [3.63, 3.8) is 0 Å². The molecule has 1 aromatic rings. The Morgan fingerprint density at radius 1 is 1.48 bits per heavy atom. The van der Waals surface area contributed by atoms with E-state index in [1.807, 2.05) is 0 Å². The van der Waals surface area contributed by atoms with Gasteiger partial charge in [-0.1, -0.05) is 6.42 Å². The van der Waals surface area contributed by atoms with Gasteiger partial charge in [0, 0.05) is 36.9 Å². The molecule has 1 atom stereocenters. The van der Waals surface area contributed by atoms with E-state index in [1.165, 1.54) is 6.07 Å². The fourth-order valence-corrected chi connectivity index (χ4v) is 4.29. The van der Waals surface area contributed by atoms with Gasteiger partial charge in [-0.15, -0.1) is 0 Å². The van der Waals surface area contributed by atoms with Gasteiger partial charge in [-0.05, 0) is 19.8 Å². The minimum atomic E-state index is -3.39. The highest BCUT2D eigenvalue weighted by atomic mass is 32.2. The molecule has 1 saturated heterocycles. The molecule has 0 radical (unpaired) electrons. The summed E-state index contributed by atoms with van der Waals surface area (Å²) in [6.07, 6.45) is 4.38.